The van der Waals surface area contributed by atoms with Crippen molar-refractivity contribution in [2.24, 2.45) is 5.73 Å². The van der Waals surface area contributed by atoms with Gasteiger partial charge < -0.3 is 21.1 Å². The van der Waals surface area contributed by atoms with Crippen LogP contribution in [0, 0.1) is 0 Å². The van der Waals surface area contributed by atoms with Gasteiger partial charge in [0.2, 0.25) is 11.8 Å². The normalized spacial score (nSPS) is 11.6. The SMILES string of the molecule is CCOc1ccc(NC(=O)CNC(=O)[C@@H](N)CCSC)cc1. The summed E-state index contributed by atoms with van der Waals surface area (Å²) in [5.41, 5.74) is 6.36. The maximum Gasteiger partial charge on any atom is 0.243 e. The number of hydrogen-bond acceptors (Lipinski definition) is 5. The molecule has 0 heterocycles. The molecule has 0 unspecified atom stereocenters. The van der Waals surface area contributed by atoms with Crippen molar-refractivity contribution in [1.29, 1.82) is 0 Å². The van der Waals surface area contributed by atoms with Crippen molar-refractivity contribution in [2.45, 2.75) is 19.4 Å². The molecule has 4 N–H and O–H groups in total. The molecule has 122 valence electrons. The lowest BCUT2D eigenvalue weighted by Gasteiger charge is -2.12. The standard InChI is InChI=1S/C15H23N3O3S/c1-3-21-12-6-4-11(5-7-12)18-14(19)10-17-15(20)13(16)8-9-22-2/h4-7,13H,3,8-10,16H2,1-2H3,(H,17,20)(H,18,19)/t13-/m0/s1. The molecule has 0 aliphatic rings. The fourth-order valence-electron chi connectivity index (χ4n) is 1.68. The number of carbonyl (C=O) groups is 2. The number of rotatable bonds is 9. The van der Waals surface area contributed by atoms with Crippen molar-refractivity contribution in [1.82, 2.24) is 5.32 Å². The van der Waals surface area contributed by atoms with Crippen LogP contribution < -0.4 is 21.1 Å². The molecule has 6 nitrogen and oxygen atoms in total. The quantitative estimate of drug-likeness (QED) is 0.635. The summed E-state index contributed by atoms with van der Waals surface area (Å²) in [4.78, 5) is 23.4. The van der Waals surface area contributed by atoms with Crippen molar-refractivity contribution < 1.29 is 14.3 Å². The second-order valence-corrected chi connectivity index (χ2v) is 5.60. The number of amides is 2. The molecular weight excluding hydrogens is 302 g/mol. The number of thioether (sulfide) groups is 1. The predicted octanol–water partition coefficient (Wildman–Crippen LogP) is 1.22. The average molecular weight is 325 g/mol. The zero-order chi connectivity index (χ0) is 16.4. The lowest BCUT2D eigenvalue weighted by molar-refractivity contribution is -0.125. The Balaban J connectivity index is 2.35. The van der Waals surface area contributed by atoms with E-state index < -0.39 is 6.04 Å². The zero-order valence-electron chi connectivity index (χ0n) is 12.9. The average Bonchev–Trinajstić information content (AvgIpc) is 2.52. The largest absolute Gasteiger partial charge is 0.494 e. The summed E-state index contributed by atoms with van der Waals surface area (Å²) in [5.74, 6) is 0.950. The number of carbonyl (C=O) groups excluding carboxylic acids is 2. The van der Waals surface area contributed by atoms with Crippen LogP contribution in [-0.4, -0.2) is 43.0 Å². The summed E-state index contributed by atoms with van der Waals surface area (Å²) in [6.45, 7) is 2.40. The molecule has 0 fully saturated rings. The first-order valence-electron chi connectivity index (χ1n) is 7.11. The topological polar surface area (TPSA) is 93.5 Å². The summed E-state index contributed by atoms with van der Waals surface area (Å²) in [6, 6.07) is 6.46. The maximum absolute atomic E-state index is 11.8. The highest BCUT2D eigenvalue weighted by Gasteiger charge is 2.13. The van der Waals surface area contributed by atoms with Gasteiger partial charge in [-0.25, -0.2) is 0 Å². The molecule has 7 heteroatoms. The minimum atomic E-state index is -0.578. The van der Waals surface area contributed by atoms with Gasteiger partial charge in [-0.05, 0) is 49.6 Å². The highest BCUT2D eigenvalue weighted by Crippen LogP contribution is 2.15. The van der Waals surface area contributed by atoms with Gasteiger partial charge in [0.05, 0.1) is 19.2 Å². The fourth-order valence-corrected chi connectivity index (χ4v) is 2.17. The molecule has 0 aromatic heterocycles. The lowest BCUT2D eigenvalue weighted by atomic mass is 10.2. The van der Waals surface area contributed by atoms with Gasteiger partial charge in [-0.2, -0.15) is 11.8 Å². The molecule has 22 heavy (non-hydrogen) atoms. The van der Waals surface area contributed by atoms with Crippen LogP contribution in [0.5, 0.6) is 5.75 Å². The molecule has 0 saturated carbocycles. The minimum absolute atomic E-state index is 0.0982. The fraction of sp³-hybridized carbons (Fsp3) is 0.467. The molecule has 0 saturated heterocycles. The molecule has 2 amide bonds. The van der Waals surface area contributed by atoms with E-state index >= 15 is 0 Å². The van der Waals surface area contributed by atoms with Crippen LogP contribution in [0.2, 0.25) is 0 Å². The van der Waals surface area contributed by atoms with E-state index in [-0.39, 0.29) is 18.4 Å². The molecule has 1 atom stereocenters. The Morgan fingerprint density at radius 3 is 2.59 bits per heavy atom. The number of nitrogens with one attached hydrogen (secondary N) is 2. The van der Waals surface area contributed by atoms with Crippen LogP contribution in [0.25, 0.3) is 0 Å². The third-order valence-electron chi connectivity index (χ3n) is 2.84. The van der Waals surface area contributed by atoms with Gasteiger partial charge in [0.1, 0.15) is 5.75 Å². The Kier molecular flexibility index (Phi) is 8.39. The maximum atomic E-state index is 11.8. The van der Waals surface area contributed by atoms with Gasteiger partial charge >= 0.3 is 0 Å². The van der Waals surface area contributed by atoms with Crippen LogP contribution >= 0.6 is 11.8 Å². The summed E-state index contributed by atoms with van der Waals surface area (Å²) in [5, 5.41) is 5.23. The number of benzene rings is 1. The third kappa shape index (κ3) is 6.82. The Labute approximate surface area is 135 Å². The van der Waals surface area contributed by atoms with E-state index in [4.69, 9.17) is 10.5 Å². The molecule has 0 aliphatic carbocycles. The molecule has 1 aromatic rings. The van der Waals surface area contributed by atoms with Gasteiger partial charge in [0.25, 0.3) is 0 Å². The number of nitrogens with two attached hydrogens (primary N) is 1. The van der Waals surface area contributed by atoms with E-state index in [1.807, 2.05) is 13.2 Å². The minimum Gasteiger partial charge on any atom is -0.494 e. The molecule has 0 bridgehead atoms. The van der Waals surface area contributed by atoms with Crippen molar-refractivity contribution in [3.05, 3.63) is 24.3 Å². The summed E-state index contributed by atoms with van der Waals surface area (Å²) >= 11 is 1.63. The van der Waals surface area contributed by atoms with Gasteiger partial charge in [-0.3, -0.25) is 9.59 Å². The lowest BCUT2D eigenvalue weighted by Crippen LogP contribution is -2.43. The van der Waals surface area contributed by atoms with E-state index in [0.29, 0.717) is 18.7 Å². The molecule has 1 aromatic carbocycles. The van der Waals surface area contributed by atoms with E-state index in [2.05, 4.69) is 10.6 Å². The Morgan fingerprint density at radius 2 is 2.00 bits per heavy atom. The van der Waals surface area contributed by atoms with E-state index in [1.165, 1.54) is 0 Å². The second kappa shape index (κ2) is 10.1. The highest BCUT2D eigenvalue weighted by atomic mass is 32.2. The summed E-state index contributed by atoms with van der Waals surface area (Å²) < 4.78 is 5.32. The third-order valence-corrected chi connectivity index (χ3v) is 3.49. The Morgan fingerprint density at radius 1 is 1.32 bits per heavy atom. The van der Waals surface area contributed by atoms with E-state index in [1.54, 1.807) is 36.0 Å². The highest BCUT2D eigenvalue weighted by molar-refractivity contribution is 7.98. The van der Waals surface area contributed by atoms with Gasteiger partial charge in [0, 0.05) is 5.69 Å². The van der Waals surface area contributed by atoms with Gasteiger partial charge in [-0.1, -0.05) is 0 Å². The van der Waals surface area contributed by atoms with Crippen LogP contribution in [0.4, 0.5) is 5.69 Å². The van der Waals surface area contributed by atoms with E-state index in [0.717, 1.165) is 11.5 Å². The first-order valence-corrected chi connectivity index (χ1v) is 8.51. The first-order chi connectivity index (χ1) is 10.6. The van der Waals surface area contributed by atoms with Gasteiger partial charge in [-0.15, -0.1) is 0 Å². The van der Waals surface area contributed by atoms with Crippen LogP contribution in [0.15, 0.2) is 24.3 Å². The number of anilines is 1. The van der Waals surface area contributed by atoms with Crippen molar-refractivity contribution in [3.63, 3.8) is 0 Å². The van der Waals surface area contributed by atoms with Gasteiger partial charge in [0.15, 0.2) is 0 Å². The van der Waals surface area contributed by atoms with Crippen LogP contribution in [-0.2, 0) is 9.59 Å². The smallest absolute Gasteiger partial charge is 0.243 e. The second-order valence-electron chi connectivity index (χ2n) is 4.61. The van der Waals surface area contributed by atoms with Crippen molar-refractivity contribution >= 4 is 29.3 Å². The Bertz CT molecular complexity index is 479. The van der Waals surface area contributed by atoms with Crippen molar-refractivity contribution in [3.8, 4) is 5.75 Å². The molecule has 0 spiro atoms. The molecule has 1 rings (SSSR count). The van der Waals surface area contributed by atoms with Crippen LogP contribution in [0.3, 0.4) is 0 Å². The first kappa shape index (κ1) is 18.3. The molecule has 0 radical (unpaired) electrons. The molecular formula is C15H23N3O3S. The number of ether oxygens (including phenoxy) is 1. The van der Waals surface area contributed by atoms with Crippen LogP contribution in [0.1, 0.15) is 13.3 Å². The van der Waals surface area contributed by atoms with E-state index in [9.17, 15) is 9.59 Å². The summed E-state index contributed by atoms with van der Waals surface area (Å²) in [6.07, 6.45) is 2.54. The number of hydrogen-bond donors (Lipinski definition) is 3. The summed E-state index contributed by atoms with van der Waals surface area (Å²) in [7, 11) is 0. The predicted molar refractivity (Wildman–Crippen MR) is 90.2 cm³/mol. The monoisotopic (exact) mass is 325 g/mol. The molecule has 0 aliphatic heterocycles. The zero-order valence-corrected chi connectivity index (χ0v) is 13.7. The van der Waals surface area contributed by atoms with Crippen molar-refractivity contribution in [2.75, 3.05) is 30.5 Å². The Hall–Kier alpha value is -1.73.